The van der Waals surface area contributed by atoms with E-state index in [1.54, 1.807) is 29.0 Å². The third kappa shape index (κ3) is 4.86. The molecule has 4 heterocycles. The van der Waals surface area contributed by atoms with Gasteiger partial charge in [-0.05, 0) is 55.6 Å². The van der Waals surface area contributed by atoms with Crippen LogP contribution in [-0.2, 0) is 13.6 Å². The van der Waals surface area contributed by atoms with E-state index in [-0.39, 0.29) is 17.7 Å². The van der Waals surface area contributed by atoms with Crippen LogP contribution in [-0.4, -0.2) is 52.7 Å². The van der Waals surface area contributed by atoms with Gasteiger partial charge in [0, 0.05) is 37.6 Å². The average molecular weight is 505 g/mol. The van der Waals surface area contributed by atoms with Gasteiger partial charge in [0.2, 0.25) is 0 Å². The Hall–Kier alpha value is -3.27. The molecule has 1 saturated heterocycles. The summed E-state index contributed by atoms with van der Waals surface area (Å²) in [5, 5.41) is 9.77. The molecule has 0 aliphatic carbocycles. The number of aryl methyl sites for hydroxylation is 1. The number of hydrogen-bond acceptors (Lipinski definition) is 8. The second-order valence-electron chi connectivity index (χ2n) is 9.41. The van der Waals surface area contributed by atoms with E-state index >= 15 is 0 Å². The minimum atomic E-state index is -0.183. The van der Waals surface area contributed by atoms with Crippen molar-refractivity contribution < 1.29 is 4.74 Å². The van der Waals surface area contributed by atoms with Crippen molar-refractivity contribution in [2.75, 3.05) is 32.5 Å². The maximum atomic E-state index is 13.0. The van der Waals surface area contributed by atoms with Gasteiger partial charge in [-0.1, -0.05) is 24.3 Å². The lowest BCUT2D eigenvalue weighted by atomic mass is 10.0. The number of nitrogens with one attached hydrogen (secondary N) is 2. The summed E-state index contributed by atoms with van der Waals surface area (Å²) in [5.74, 6) is 1.03. The fraction of sp³-hybridized carbons (Fsp3) is 0.370. The molecule has 0 bridgehead atoms. The number of likely N-dealkylation sites (N-methyl/N-ethyl adjacent to an activating group) is 1. The number of nitrogens with zero attached hydrogens (tertiary/aromatic N) is 4. The Labute approximate surface area is 215 Å². The molecule has 0 amide bonds. The first-order valence-corrected chi connectivity index (χ1v) is 13.1. The lowest BCUT2D eigenvalue weighted by Gasteiger charge is -2.18. The number of hydrogen-bond donors (Lipinski definition) is 2. The van der Waals surface area contributed by atoms with Crippen molar-refractivity contribution in [1.29, 1.82) is 0 Å². The minimum Gasteiger partial charge on any atom is -0.483 e. The Morgan fingerprint density at radius 1 is 1.22 bits per heavy atom. The Morgan fingerprint density at radius 3 is 2.83 bits per heavy atom. The molecule has 1 aliphatic rings. The Kier molecular flexibility index (Phi) is 7.04. The molecule has 4 aromatic rings. The summed E-state index contributed by atoms with van der Waals surface area (Å²) in [7, 11) is 5.76. The Morgan fingerprint density at radius 2 is 2.06 bits per heavy atom. The first kappa shape index (κ1) is 24.4. The molecular formula is C27H32N6O2S. The molecule has 8 nitrogen and oxygen atoms in total. The summed E-state index contributed by atoms with van der Waals surface area (Å²) in [5.41, 5.74) is 4.12. The van der Waals surface area contributed by atoms with Crippen LogP contribution in [0.25, 0.3) is 22.2 Å². The van der Waals surface area contributed by atoms with E-state index in [1.165, 1.54) is 27.9 Å². The Bertz CT molecular complexity index is 1430. The van der Waals surface area contributed by atoms with Crippen LogP contribution >= 0.6 is 11.3 Å². The second-order valence-corrected chi connectivity index (χ2v) is 10.4. The highest BCUT2D eigenvalue weighted by molar-refractivity contribution is 7.10. The molecule has 188 valence electrons. The largest absolute Gasteiger partial charge is 0.483 e. The normalized spacial score (nSPS) is 16.9. The van der Waals surface area contributed by atoms with Gasteiger partial charge < -0.3 is 20.3 Å². The van der Waals surface area contributed by atoms with Crippen molar-refractivity contribution in [3.8, 4) is 16.9 Å². The monoisotopic (exact) mass is 504 g/mol. The maximum absolute atomic E-state index is 13.0. The molecule has 5 rings (SSSR count). The van der Waals surface area contributed by atoms with Crippen LogP contribution in [0.1, 0.15) is 29.8 Å². The molecule has 0 spiro atoms. The number of fused-ring (bicyclic) bond motifs is 1. The van der Waals surface area contributed by atoms with Crippen LogP contribution in [0.2, 0.25) is 0 Å². The van der Waals surface area contributed by atoms with E-state index in [0.29, 0.717) is 17.2 Å². The van der Waals surface area contributed by atoms with Gasteiger partial charge in [0.25, 0.3) is 5.56 Å². The van der Waals surface area contributed by atoms with Crippen molar-refractivity contribution in [3.63, 3.8) is 0 Å². The molecule has 1 unspecified atom stereocenters. The van der Waals surface area contributed by atoms with Crippen molar-refractivity contribution in [3.05, 3.63) is 68.9 Å². The lowest BCUT2D eigenvalue weighted by Crippen LogP contribution is -2.27. The van der Waals surface area contributed by atoms with E-state index in [1.807, 2.05) is 7.05 Å². The molecule has 0 saturated carbocycles. The van der Waals surface area contributed by atoms with Crippen molar-refractivity contribution in [1.82, 2.24) is 24.8 Å². The minimum absolute atomic E-state index is 0.00967. The van der Waals surface area contributed by atoms with Crippen LogP contribution in [0.4, 0.5) is 5.82 Å². The predicted octanol–water partition coefficient (Wildman–Crippen LogP) is 4.03. The number of thiophene rings is 1. The van der Waals surface area contributed by atoms with E-state index in [9.17, 15) is 4.79 Å². The predicted molar refractivity (Wildman–Crippen MR) is 146 cm³/mol. The molecule has 0 radical (unpaired) electrons. The zero-order valence-corrected chi connectivity index (χ0v) is 21.9. The zero-order chi connectivity index (χ0) is 25.2. The van der Waals surface area contributed by atoms with E-state index in [0.717, 1.165) is 31.4 Å². The van der Waals surface area contributed by atoms with Crippen LogP contribution in [0, 0.1) is 0 Å². The summed E-state index contributed by atoms with van der Waals surface area (Å²) in [6.07, 6.45) is 2.41. The van der Waals surface area contributed by atoms with Gasteiger partial charge in [-0.2, -0.15) is 0 Å². The summed E-state index contributed by atoms with van der Waals surface area (Å²) in [6, 6.07) is 12.5. The van der Waals surface area contributed by atoms with Crippen molar-refractivity contribution in [2.45, 2.75) is 32.0 Å². The van der Waals surface area contributed by atoms with Crippen molar-refractivity contribution in [2.24, 2.45) is 7.05 Å². The van der Waals surface area contributed by atoms with Gasteiger partial charge >= 0.3 is 0 Å². The van der Waals surface area contributed by atoms with Gasteiger partial charge in [-0.15, -0.1) is 11.3 Å². The standard InChI is InChI=1S/C27H32N6O2S/c1-17(24-11-19(15-36-24)21-8-6-5-7-18(21)13-28-2)31-25-22-12-23(35-20-9-10-32(3)14-20)27(34)33(4)26(22)30-16-29-25/h5-8,11-12,15-17,20,28H,9-10,13-14H2,1-4H3,(H,29,30,31)/t17-,20?/m1/s1. The van der Waals surface area contributed by atoms with Gasteiger partial charge in [-0.25, -0.2) is 9.97 Å². The Balaban J connectivity index is 1.43. The van der Waals surface area contributed by atoms with Gasteiger partial charge in [0.15, 0.2) is 5.75 Å². The first-order chi connectivity index (χ1) is 17.4. The number of likely N-dealkylation sites (tertiary alicyclic amines) is 1. The summed E-state index contributed by atoms with van der Waals surface area (Å²) in [6.45, 7) is 4.72. The number of rotatable bonds is 8. The lowest BCUT2D eigenvalue weighted by molar-refractivity contribution is 0.205. The van der Waals surface area contributed by atoms with Gasteiger partial charge in [-0.3, -0.25) is 9.36 Å². The number of benzene rings is 1. The molecule has 36 heavy (non-hydrogen) atoms. The van der Waals surface area contributed by atoms with Crippen LogP contribution in [0.15, 0.2) is 52.9 Å². The highest BCUT2D eigenvalue weighted by Gasteiger charge is 2.23. The zero-order valence-electron chi connectivity index (χ0n) is 21.1. The van der Waals surface area contributed by atoms with E-state index in [2.05, 4.69) is 75.2 Å². The molecule has 1 aliphatic heterocycles. The number of anilines is 1. The molecule has 9 heteroatoms. The summed E-state index contributed by atoms with van der Waals surface area (Å²) < 4.78 is 7.68. The fourth-order valence-corrected chi connectivity index (χ4v) is 5.67. The molecular weight excluding hydrogens is 472 g/mol. The third-order valence-electron chi connectivity index (χ3n) is 6.71. The summed E-state index contributed by atoms with van der Waals surface area (Å²) >= 11 is 1.72. The van der Waals surface area contributed by atoms with E-state index in [4.69, 9.17) is 4.74 Å². The van der Waals surface area contributed by atoms with Gasteiger partial charge in [0.1, 0.15) is 23.9 Å². The maximum Gasteiger partial charge on any atom is 0.294 e. The van der Waals surface area contributed by atoms with Crippen LogP contribution in [0.3, 0.4) is 0 Å². The molecule has 3 aromatic heterocycles. The number of ether oxygens (including phenoxy) is 1. The quantitative estimate of drug-likeness (QED) is 0.375. The highest BCUT2D eigenvalue weighted by Crippen LogP contribution is 2.33. The highest BCUT2D eigenvalue weighted by atomic mass is 32.1. The van der Waals surface area contributed by atoms with E-state index < -0.39 is 0 Å². The number of aromatic nitrogens is 3. The topological polar surface area (TPSA) is 84.3 Å². The smallest absolute Gasteiger partial charge is 0.294 e. The third-order valence-corrected chi connectivity index (χ3v) is 7.82. The van der Waals surface area contributed by atoms with Crippen molar-refractivity contribution >= 4 is 28.2 Å². The molecule has 1 fully saturated rings. The van der Waals surface area contributed by atoms with Crippen LogP contribution in [0.5, 0.6) is 5.75 Å². The second kappa shape index (κ2) is 10.4. The average Bonchev–Trinajstić information content (AvgIpc) is 3.53. The SMILES string of the molecule is CNCc1ccccc1-c1csc([C@@H](C)Nc2ncnc3c2cc(OC2CCN(C)C2)c(=O)n3C)c1. The first-order valence-electron chi connectivity index (χ1n) is 12.2. The molecule has 2 atom stereocenters. The molecule has 1 aromatic carbocycles. The summed E-state index contributed by atoms with van der Waals surface area (Å²) in [4.78, 5) is 25.3. The molecule has 2 N–H and O–H groups in total. The van der Waals surface area contributed by atoms with Gasteiger partial charge in [0.05, 0.1) is 11.4 Å². The number of pyridine rings is 1. The fourth-order valence-electron chi connectivity index (χ4n) is 4.75. The van der Waals surface area contributed by atoms with Crippen LogP contribution < -0.4 is 20.9 Å².